The van der Waals surface area contributed by atoms with E-state index in [2.05, 4.69) is 19.2 Å². The van der Waals surface area contributed by atoms with Crippen LogP contribution in [-0.2, 0) is 10.1 Å². The first-order valence-corrected chi connectivity index (χ1v) is 8.25. The standard InChI is InChI=1S/C12H27NO3S/c1-3-4-5-6-7-9-12(2)13-10-8-11-17(14,15)16/h12-13H,3-11H2,1-2H3,(H,14,15,16)/t12-/m0/s1. The lowest BCUT2D eigenvalue weighted by Gasteiger charge is -2.13. The van der Waals surface area contributed by atoms with E-state index in [-0.39, 0.29) is 5.75 Å². The largest absolute Gasteiger partial charge is 0.314 e. The molecule has 0 rings (SSSR count). The molecular weight excluding hydrogens is 238 g/mol. The highest BCUT2D eigenvalue weighted by Crippen LogP contribution is 2.06. The Morgan fingerprint density at radius 2 is 1.76 bits per heavy atom. The van der Waals surface area contributed by atoms with E-state index in [0.717, 1.165) is 6.42 Å². The molecule has 4 nitrogen and oxygen atoms in total. The molecule has 0 saturated carbocycles. The van der Waals surface area contributed by atoms with Crippen LogP contribution in [0.4, 0.5) is 0 Å². The van der Waals surface area contributed by atoms with Crippen molar-refractivity contribution in [1.82, 2.24) is 5.32 Å². The average molecular weight is 265 g/mol. The highest BCUT2D eigenvalue weighted by molar-refractivity contribution is 7.85. The third-order valence-electron chi connectivity index (χ3n) is 2.81. The van der Waals surface area contributed by atoms with Crippen molar-refractivity contribution in [3.05, 3.63) is 0 Å². The monoisotopic (exact) mass is 265 g/mol. The van der Waals surface area contributed by atoms with Gasteiger partial charge in [0.1, 0.15) is 0 Å². The Balaban J connectivity index is 3.32. The number of hydrogen-bond acceptors (Lipinski definition) is 3. The predicted octanol–water partition coefficient (Wildman–Crippen LogP) is 2.60. The Morgan fingerprint density at radius 3 is 2.35 bits per heavy atom. The summed E-state index contributed by atoms with van der Waals surface area (Å²) in [6.07, 6.45) is 8.01. The van der Waals surface area contributed by atoms with Gasteiger partial charge in [-0.2, -0.15) is 8.42 Å². The molecule has 0 heterocycles. The molecule has 104 valence electrons. The van der Waals surface area contributed by atoms with E-state index < -0.39 is 10.1 Å². The Kier molecular flexibility index (Phi) is 9.78. The molecule has 17 heavy (non-hydrogen) atoms. The Labute approximate surface area is 106 Å². The van der Waals surface area contributed by atoms with Gasteiger partial charge in [-0.25, -0.2) is 0 Å². The maximum atomic E-state index is 10.5. The predicted molar refractivity (Wildman–Crippen MR) is 71.9 cm³/mol. The number of unbranched alkanes of at least 4 members (excludes halogenated alkanes) is 4. The zero-order valence-corrected chi connectivity index (χ0v) is 11.9. The second-order valence-corrected chi connectivity index (χ2v) is 6.27. The summed E-state index contributed by atoms with van der Waals surface area (Å²) in [5, 5.41) is 3.27. The second kappa shape index (κ2) is 9.85. The van der Waals surface area contributed by atoms with Crippen LogP contribution in [0.25, 0.3) is 0 Å². The van der Waals surface area contributed by atoms with E-state index in [4.69, 9.17) is 4.55 Å². The molecule has 0 bridgehead atoms. The average Bonchev–Trinajstić information content (AvgIpc) is 2.23. The molecule has 0 fully saturated rings. The highest BCUT2D eigenvalue weighted by atomic mass is 32.2. The van der Waals surface area contributed by atoms with Crippen molar-refractivity contribution in [2.24, 2.45) is 0 Å². The molecule has 0 unspecified atom stereocenters. The summed E-state index contributed by atoms with van der Waals surface area (Å²) in [6.45, 7) is 4.97. The SMILES string of the molecule is CCCCCCC[C@H](C)NCCCS(=O)(=O)O. The molecule has 5 heteroatoms. The van der Waals surface area contributed by atoms with Crippen LogP contribution in [0.15, 0.2) is 0 Å². The third-order valence-corrected chi connectivity index (χ3v) is 3.62. The molecule has 0 aliphatic carbocycles. The third kappa shape index (κ3) is 13.8. The number of hydrogen-bond donors (Lipinski definition) is 2. The fourth-order valence-electron chi connectivity index (χ4n) is 1.76. The van der Waals surface area contributed by atoms with Crippen LogP contribution in [0.3, 0.4) is 0 Å². The van der Waals surface area contributed by atoms with E-state index in [9.17, 15) is 8.42 Å². The van der Waals surface area contributed by atoms with Crippen molar-refractivity contribution in [2.45, 2.75) is 64.8 Å². The zero-order chi connectivity index (χ0) is 13.1. The molecule has 0 saturated heterocycles. The van der Waals surface area contributed by atoms with Gasteiger partial charge >= 0.3 is 0 Å². The van der Waals surface area contributed by atoms with Crippen LogP contribution in [0, 0.1) is 0 Å². The van der Waals surface area contributed by atoms with Gasteiger partial charge in [0.2, 0.25) is 0 Å². The number of nitrogens with one attached hydrogen (secondary N) is 1. The number of rotatable bonds is 11. The maximum absolute atomic E-state index is 10.5. The summed E-state index contributed by atoms with van der Waals surface area (Å²) in [5.41, 5.74) is 0. The topological polar surface area (TPSA) is 66.4 Å². The van der Waals surface area contributed by atoms with E-state index in [1.165, 1.54) is 32.1 Å². The normalized spacial score (nSPS) is 13.8. The Morgan fingerprint density at radius 1 is 1.12 bits per heavy atom. The van der Waals surface area contributed by atoms with E-state index in [1.54, 1.807) is 0 Å². The highest BCUT2D eigenvalue weighted by Gasteiger charge is 2.05. The van der Waals surface area contributed by atoms with Crippen LogP contribution in [-0.4, -0.2) is 31.3 Å². The molecule has 0 aliphatic rings. The quantitative estimate of drug-likeness (QED) is 0.445. The van der Waals surface area contributed by atoms with E-state index >= 15 is 0 Å². The van der Waals surface area contributed by atoms with Crippen LogP contribution in [0.2, 0.25) is 0 Å². The second-order valence-electron chi connectivity index (χ2n) is 4.70. The zero-order valence-electron chi connectivity index (χ0n) is 11.1. The lowest BCUT2D eigenvalue weighted by molar-refractivity contribution is 0.465. The van der Waals surface area contributed by atoms with Gasteiger partial charge in [-0.05, 0) is 26.3 Å². The Hall–Kier alpha value is -0.130. The van der Waals surface area contributed by atoms with Crippen molar-refractivity contribution >= 4 is 10.1 Å². The summed E-state index contributed by atoms with van der Waals surface area (Å²) < 4.78 is 29.5. The summed E-state index contributed by atoms with van der Waals surface area (Å²) in [4.78, 5) is 0. The van der Waals surface area contributed by atoms with Crippen LogP contribution in [0.5, 0.6) is 0 Å². The molecule has 0 aromatic heterocycles. The van der Waals surface area contributed by atoms with Gasteiger partial charge in [-0.1, -0.05) is 39.0 Å². The minimum absolute atomic E-state index is 0.150. The van der Waals surface area contributed by atoms with E-state index in [1.807, 2.05) is 0 Å². The summed E-state index contributed by atoms with van der Waals surface area (Å²) in [6, 6.07) is 0.429. The first kappa shape index (κ1) is 16.9. The smallest absolute Gasteiger partial charge is 0.264 e. The minimum Gasteiger partial charge on any atom is -0.314 e. The molecule has 2 N–H and O–H groups in total. The van der Waals surface area contributed by atoms with Crippen molar-refractivity contribution in [3.63, 3.8) is 0 Å². The molecule has 0 aliphatic heterocycles. The van der Waals surface area contributed by atoms with Crippen molar-refractivity contribution in [3.8, 4) is 0 Å². The molecule has 0 aromatic carbocycles. The van der Waals surface area contributed by atoms with Crippen molar-refractivity contribution < 1.29 is 13.0 Å². The van der Waals surface area contributed by atoms with Gasteiger partial charge < -0.3 is 5.32 Å². The van der Waals surface area contributed by atoms with Gasteiger partial charge in [0, 0.05) is 6.04 Å². The molecule has 0 radical (unpaired) electrons. The molecule has 0 aromatic rings. The summed E-state index contributed by atoms with van der Waals surface area (Å²) in [7, 11) is -3.79. The van der Waals surface area contributed by atoms with E-state index in [0.29, 0.717) is 19.0 Å². The fourth-order valence-corrected chi connectivity index (χ4v) is 2.27. The molecule has 0 spiro atoms. The minimum atomic E-state index is -3.79. The maximum Gasteiger partial charge on any atom is 0.264 e. The first-order chi connectivity index (χ1) is 7.95. The van der Waals surface area contributed by atoms with Gasteiger partial charge in [0.15, 0.2) is 0 Å². The first-order valence-electron chi connectivity index (χ1n) is 6.64. The van der Waals surface area contributed by atoms with Crippen molar-refractivity contribution in [2.75, 3.05) is 12.3 Å². The lowest BCUT2D eigenvalue weighted by atomic mass is 10.1. The fraction of sp³-hybridized carbons (Fsp3) is 1.00. The van der Waals surface area contributed by atoms with Gasteiger partial charge in [-0.15, -0.1) is 0 Å². The van der Waals surface area contributed by atoms with Gasteiger partial charge in [-0.3, -0.25) is 4.55 Å². The lowest BCUT2D eigenvalue weighted by Crippen LogP contribution is -2.28. The van der Waals surface area contributed by atoms with Gasteiger partial charge in [0.05, 0.1) is 5.75 Å². The molecular formula is C12H27NO3S. The molecule has 1 atom stereocenters. The van der Waals surface area contributed by atoms with Crippen molar-refractivity contribution in [1.29, 1.82) is 0 Å². The Bertz CT molecular complexity index is 265. The summed E-state index contributed by atoms with van der Waals surface area (Å²) >= 11 is 0. The van der Waals surface area contributed by atoms with Crippen LogP contribution >= 0.6 is 0 Å². The summed E-state index contributed by atoms with van der Waals surface area (Å²) in [5.74, 6) is -0.150. The van der Waals surface area contributed by atoms with Gasteiger partial charge in [0.25, 0.3) is 10.1 Å². The van der Waals surface area contributed by atoms with Crippen LogP contribution in [0.1, 0.15) is 58.8 Å². The van der Waals surface area contributed by atoms with Crippen LogP contribution < -0.4 is 5.32 Å². The molecule has 0 amide bonds.